The van der Waals surface area contributed by atoms with Crippen LogP contribution in [0.2, 0.25) is 5.82 Å². The highest BCUT2D eigenvalue weighted by Crippen LogP contribution is 2.29. The number of hydrogen-bond donors (Lipinski definition) is 0. The van der Waals surface area contributed by atoms with Gasteiger partial charge < -0.3 is 0 Å². The third kappa shape index (κ3) is 3.64. The van der Waals surface area contributed by atoms with Gasteiger partial charge in [0.1, 0.15) is 0 Å². The molecule has 0 aliphatic rings. The zero-order chi connectivity index (χ0) is 8.85. The molecule has 0 nitrogen and oxygen atoms in total. The summed E-state index contributed by atoms with van der Waals surface area (Å²) in [6.07, 6.45) is 4.03. The quantitative estimate of drug-likeness (QED) is 0.417. The Bertz CT molecular complexity index is 107. The molecule has 0 aromatic carbocycles. The summed E-state index contributed by atoms with van der Waals surface area (Å²) in [5.74, 6) is 1.64. The second-order valence-electron chi connectivity index (χ2n) is 3.50. The number of allylic oxidation sites excluding steroid dienone is 1. The first kappa shape index (κ1) is 10.8. The zero-order valence-corrected chi connectivity index (χ0v) is 8.01. The highest BCUT2D eigenvalue weighted by atomic mass is 14.2. The van der Waals surface area contributed by atoms with Crippen molar-refractivity contribution >= 4 is 7.85 Å². The molecule has 0 rings (SSSR count). The van der Waals surface area contributed by atoms with E-state index >= 15 is 0 Å². The van der Waals surface area contributed by atoms with Crippen LogP contribution in [0, 0.1) is 11.8 Å². The fourth-order valence-corrected chi connectivity index (χ4v) is 1.64. The standard InChI is InChI=1S/C10H19B/c1-5-7-10(11)9(6-2)8(3)4/h5,8-10H,1,6-7H2,2-4H3. The molecule has 0 aromatic rings. The molecule has 0 bridgehead atoms. The lowest BCUT2D eigenvalue weighted by Crippen LogP contribution is -2.14. The minimum atomic E-state index is 0.303. The topological polar surface area (TPSA) is 0 Å². The van der Waals surface area contributed by atoms with Crippen molar-refractivity contribution in [3.63, 3.8) is 0 Å². The van der Waals surface area contributed by atoms with Crippen molar-refractivity contribution in [2.45, 2.75) is 39.4 Å². The van der Waals surface area contributed by atoms with Gasteiger partial charge in [-0.2, -0.15) is 0 Å². The van der Waals surface area contributed by atoms with E-state index in [0.29, 0.717) is 17.7 Å². The Hall–Kier alpha value is -0.195. The van der Waals surface area contributed by atoms with Gasteiger partial charge in [-0.25, -0.2) is 0 Å². The summed E-state index contributed by atoms with van der Waals surface area (Å²) in [4.78, 5) is 0. The molecule has 0 saturated heterocycles. The summed E-state index contributed by atoms with van der Waals surface area (Å²) < 4.78 is 0. The molecule has 0 aromatic heterocycles. The average Bonchev–Trinajstić information content (AvgIpc) is 1.88. The second kappa shape index (κ2) is 5.45. The molecule has 0 fully saturated rings. The van der Waals surface area contributed by atoms with Gasteiger partial charge in [0.2, 0.25) is 0 Å². The summed E-state index contributed by atoms with van der Waals surface area (Å²) in [5, 5.41) is 0. The predicted molar refractivity (Wildman–Crippen MR) is 52.9 cm³/mol. The van der Waals surface area contributed by atoms with Crippen molar-refractivity contribution < 1.29 is 0 Å². The second-order valence-corrected chi connectivity index (χ2v) is 3.50. The molecule has 0 amide bonds. The fraction of sp³-hybridized carbons (Fsp3) is 0.800. The summed E-state index contributed by atoms with van der Waals surface area (Å²) in [6, 6.07) is 0. The molecule has 0 saturated carbocycles. The molecular formula is C10H19B. The minimum absolute atomic E-state index is 0.303. The molecule has 0 heterocycles. The van der Waals surface area contributed by atoms with Crippen LogP contribution in [0.1, 0.15) is 33.6 Å². The van der Waals surface area contributed by atoms with Crippen molar-refractivity contribution in [1.29, 1.82) is 0 Å². The van der Waals surface area contributed by atoms with E-state index in [1.165, 1.54) is 6.42 Å². The number of hydrogen-bond acceptors (Lipinski definition) is 0. The first-order chi connectivity index (χ1) is 5.13. The lowest BCUT2D eigenvalue weighted by molar-refractivity contribution is 0.352. The van der Waals surface area contributed by atoms with E-state index < -0.39 is 0 Å². The number of rotatable bonds is 5. The van der Waals surface area contributed by atoms with E-state index in [4.69, 9.17) is 7.85 Å². The smallest absolute Gasteiger partial charge is 0.0707 e. The van der Waals surface area contributed by atoms with Crippen LogP contribution in [0.5, 0.6) is 0 Å². The van der Waals surface area contributed by atoms with Crippen molar-refractivity contribution in [2.24, 2.45) is 11.8 Å². The van der Waals surface area contributed by atoms with Crippen LogP contribution in [0.4, 0.5) is 0 Å². The van der Waals surface area contributed by atoms with Crippen molar-refractivity contribution in [3.8, 4) is 0 Å². The van der Waals surface area contributed by atoms with Crippen LogP contribution in [0.25, 0.3) is 0 Å². The van der Waals surface area contributed by atoms with Gasteiger partial charge in [0.25, 0.3) is 0 Å². The Labute approximate surface area is 72.5 Å². The van der Waals surface area contributed by atoms with Gasteiger partial charge >= 0.3 is 0 Å². The van der Waals surface area contributed by atoms with Crippen molar-refractivity contribution in [2.75, 3.05) is 0 Å². The van der Waals surface area contributed by atoms with E-state index in [-0.39, 0.29) is 0 Å². The highest BCUT2D eigenvalue weighted by Gasteiger charge is 2.16. The third-order valence-corrected chi connectivity index (χ3v) is 2.32. The molecular weight excluding hydrogens is 131 g/mol. The first-order valence-electron chi connectivity index (χ1n) is 4.49. The Balaban J connectivity index is 3.90. The summed E-state index contributed by atoms with van der Waals surface area (Å²) in [5.41, 5.74) is 0. The van der Waals surface area contributed by atoms with E-state index in [0.717, 1.165) is 6.42 Å². The van der Waals surface area contributed by atoms with Crippen molar-refractivity contribution in [1.82, 2.24) is 0 Å². The lowest BCUT2D eigenvalue weighted by atomic mass is 9.69. The molecule has 62 valence electrons. The highest BCUT2D eigenvalue weighted by molar-refractivity contribution is 6.11. The molecule has 0 spiro atoms. The van der Waals surface area contributed by atoms with E-state index in [2.05, 4.69) is 27.4 Å². The summed E-state index contributed by atoms with van der Waals surface area (Å²) in [7, 11) is 5.97. The average molecular weight is 150 g/mol. The third-order valence-electron chi connectivity index (χ3n) is 2.32. The molecule has 2 radical (unpaired) electrons. The zero-order valence-electron chi connectivity index (χ0n) is 8.01. The van der Waals surface area contributed by atoms with Gasteiger partial charge in [0.05, 0.1) is 7.85 Å². The molecule has 1 heteroatoms. The van der Waals surface area contributed by atoms with Crippen molar-refractivity contribution in [3.05, 3.63) is 12.7 Å². The molecule has 0 N–H and O–H groups in total. The van der Waals surface area contributed by atoms with Crippen LogP contribution < -0.4 is 0 Å². The molecule has 0 aliphatic carbocycles. The fourth-order valence-electron chi connectivity index (χ4n) is 1.64. The lowest BCUT2D eigenvalue weighted by Gasteiger charge is -2.25. The van der Waals surface area contributed by atoms with Crippen LogP contribution in [0.15, 0.2) is 12.7 Å². The molecule has 2 unspecified atom stereocenters. The van der Waals surface area contributed by atoms with Crippen LogP contribution >= 0.6 is 0 Å². The SMILES string of the molecule is [B]C(CC=C)C(CC)C(C)C. The van der Waals surface area contributed by atoms with E-state index in [9.17, 15) is 0 Å². The predicted octanol–water partition coefficient (Wildman–Crippen LogP) is 3.20. The van der Waals surface area contributed by atoms with E-state index in [1.54, 1.807) is 0 Å². The maximum Gasteiger partial charge on any atom is 0.0707 e. The van der Waals surface area contributed by atoms with Crippen LogP contribution in [0.3, 0.4) is 0 Å². The molecule has 11 heavy (non-hydrogen) atoms. The summed E-state index contributed by atoms with van der Waals surface area (Å²) in [6.45, 7) is 10.4. The van der Waals surface area contributed by atoms with E-state index in [1.807, 2.05) is 6.08 Å². The van der Waals surface area contributed by atoms with Gasteiger partial charge in [-0.15, -0.1) is 6.58 Å². The Morgan fingerprint density at radius 2 is 2.00 bits per heavy atom. The maximum absolute atomic E-state index is 5.97. The van der Waals surface area contributed by atoms with Crippen LogP contribution in [-0.4, -0.2) is 7.85 Å². The largest absolute Gasteiger partial charge is 0.103 e. The maximum atomic E-state index is 5.97. The Morgan fingerprint density at radius 1 is 1.45 bits per heavy atom. The van der Waals surface area contributed by atoms with Gasteiger partial charge in [0.15, 0.2) is 0 Å². The van der Waals surface area contributed by atoms with Gasteiger partial charge in [-0.3, -0.25) is 0 Å². The summed E-state index contributed by atoms with van der Waals surface area (Å²) >= 11 is 0. The first-order valence-corrected chi connectivity index (χ1v) is 4.49. The normalized spacial score (nSPS) is 16.4. The molecule has 2 atom stereocenters. The minimum Gasteiger partial charge on any atom is -0.103 e. The van der Waals surface area contributed by atoms with Gasteiger partial charge in [-0.1, -0.05) is 39.1 Å². The van der Waals surface area contributed by atoms with Gasteiger partial charge in [-0.05, 0) is 18.3 Å². The molecule has 0 aliphatic heterocycles. The monoisotopic (exact) mass is 150 g/mol. The Kier molecular flexibility index (Phi) is 5.36. The van der Waals surface area contributed by atoms with Crippen LogP contribution in [-0.2, 0) is 0 Å². The van der Waals surface area contributed by atoms with Gasteiger partial charge in [0, 0.05) is 0 Å². The Morgan fingerprint density at radius 3 is 2.27 bits per heavy atom.